The Balaban J connectivity index is 0.00000392. The fraction of sp³-hybridized carbons (Fsp3) is 0.667. The van der Waals surface area contributed by atoms with Gasteiger partial charge in [-0.05, 0) is 63.5 Å². The van der Waals surface area contributed by atoms with Gasteiger partial charge in [0, 0.05) is 20.1 Å². The maximum atomic E-state index is 5.57. The number of nitrogens with zero attached hydrogens (tertiary/aromatic N) is 2. The summed E-state index contributed by atoms with van der Waals surface area (Å²) in [6, 6.07) is 6.01. The van der Waals surface area contributed by atoms with Crippen molar-refractivity contribution in [2.45, 2.75) is 45.6 Å². The van der Waals surface area contributed by atoms with E-state index in [0.717, 1.165) is 36.0 Å². The van der Waals surface area contributed by atoms with Crippen molar-refractivity contribution in [3.05, 3.63) is 23.8 Å². The lowest BCUT2D eigenvalue weighted by atomic mass is 10.2. The quantitative estimate of drug-likeness (QED) is 0.233. The zero-order chi connectivity index (χ0) is 19.3. The molecule has 0 amide bonds. The monoisotopic (exact) mass is 504 g/mol. The first kappa shape index (κ1) is 24.8. The summed E-state index contributed by atoms with van der Waals surface area (Å²) in [5, 5.41) is 6.78. The van der Waals surface area contributed by atoms with Crippen LogP contribution >= 0.6 is 24.0 Å². The summed E-state index contributed by atoms with van der Waals surface area (Å²) in [6.07, 6.45) is 6.62. The molecule has 1 fully saturated rings. The lowest BCUT2D eigenvalue weighted by Crippen LogP contribution is -2.38. The molecule has 1 aliphatic heterocycles. The second-order valence-corrected chi connectivity index (χ2v) is 6.88. The van der Waals surface area contributed by atoms with Crippen LogP contribution in [0, 0.1) is 0 Å². The Kier molecular flexibility index (Phi) is 13.1. The molecule has 0 saturated carbocycles. The maximum absolute atomic E-state index is 5.57. The summed E-state index contributed by atoms with van der Waals surface area (Å²) >= 11 is 0. The van der Waals surface area contributed by atoms with Gasteiger partial charge in [-0.3, -0.25) is 4.99 Å². The summed E-state index contributed by atoms with van der Waals surface area (Å²) in [5.41, 5.74) is 1.13. The number of halogens is 1. The number of aliphatic imine (C=N–C) groups is 1. The number of ether oxygens (including phenoxy) is 2. The molecule has 0 unspecified atom stereocenters. The van der Waals surface area contributed by atoms with Crippen molar-refractivity contribution >= 4 is 29.9 Å². The number of likely N-dealkylation sites (tertiary alicyclic amines) is 1. The highest BCUT2D eigenvalue weighted by Gasteiger charge is 2.09. The number of methoxy groups -OCH3 is 1. The van der Waals surface area contributed by atoms with Crippen molar-refractivity contribution in [2.24, 2.45) is 4.99 Å². The van der Waals surface area contributed by atoms with Gasteiger partial charge in [-0.15, -0.1) is 24.0 Å². The van der Waals surface area contributed by atoms with E-state index in [1.54, 1.807) is 7.11 Å². The number of hydrogen-bond acceptors (Lipinski definition) is 4. The SMILES string of the molecule is CCOc1ccc(CNC(=NC)NCCCN2CCCCCC2)cc1OC.I. The zero-order valence-corrected chi connectivity index (χ0v) is 20.0. The van der Waals surface area contributed by atoms with Crippen LogP contribution < -0.4 is 20.1 Å². The highest BCUT2D eigenvalue weighted by molar-refractivity contribution is 14.0. The van der Waals surface area contributed by atoms with Crippen LogP contribution in [0.15, 0.2) is 23.2 Å². The number of hydrogen-bond donors (Lipinski definition) is 2. The Labute approximate surface area is 187 Å². The first-order chi connectivity index (χ1) is 13.3. The van der Waals surface area contributed by atoms with Crippen molar-refractivity contribution in [1.29, 1.82) is 0 Å². The largest absolute Gasteiger partial charge is 0.493 e. The molecular formula is C21H37IN4O2. The normalized spacial score (nSPS) is 15.3. The molecule has 0 spiro atoms. The first-order valence-corrected chi connectivity index (χ1v) is 10.2. The molecule has 1 aromatic rings. The molecule has 28 heavy (non-hydrogen) atoms. The lowest BCUT2D eigenvalue weighted by molar-refractivity contribution is 0.282. The fourth-order valence-corrected chi connectivity index (χ4v) is 3.37. The highest BCUT2D eigenvalue weighted by atomic mass is 127. The molecule has 6 nitrogen and oxygen atoms in total. The van der Waals surface area contributed by atoms with E-state index >= 15 is 0 Å². The Morgan fingerprint density at radius 2 is 1.86 bits per heavy atom. The second-order valence-electron chi connectivity index (χ2n) is 6.88. The molecule has 0 radical (unpaired) electrons. The Bertz CT molecular complexity index is 576. The third-order valence-corrected chi connectivity index (χ3v) is 4.85. The van der Waals surface area contributed by atoms with Crippen LogP contribution in [0.25, 0.3) is 0 Å². The third kappa shape index (κ3) is 8.86. The Hall–Kier alpha value is -1.22. The lowest BCUT2D eigenvalue weighted by Gasteiger charge is -2.20. The van der Waals surface area contributed by atoms with Crippen molar-refractivity contribution in [1.82, 2.24) is 15.5 Å². The van der Waals surface area contributed by atoms with E-state index in [4.69, 9.17) is 9.47 Å². The smallest absolute Gasteiger partial charge is 0.191 e. The van der Waals surface area contributed by atoms with E-state index in [2.05, 4.69) is 20.5 Å². The summed E-state index contributed by atoms with van der Waals surface area (Å²) in [7, 11) is 3.47. The number of benzene rings is 1. The van der Waals surface area contributed by atoms with E-state index in [1.807, 2.05) is 32.2 Å². The third-order valence-electron chi connectivity index (χ3n) is 4.85. The van der Waals surface area contributed by atoms with Gasteiger partial charge in [0.1, 0.15) is 0 Å². The number of nitrogens with one attached hydrogen (secondary N) is 2. The predicted molar refractivity (Wildman–Crippen MR) is 127 cm³/mol. The minimum atomic E-state index is 0. The fourth-order valence-electron chi connectivity index (χ4n) is 3.37. The molecule has 0 aliphatic carbocycles. The van der Waals surface area contributed by atoms with E-state index in [9.17, 15) is 0 Å². The minimum Gasteiger partial charge on any atom is -0.493 e. The standard InChI is InChI=1S/C21H36N4O2.HI/c1-4-27-19-11-10-18(16-20(19)26-3)17-24-21(22-2)23-12-9-15-25-13-7-5-6-8-14-25;/h10-11,16H,4-9,12-15,17H2,1-3H3,(H2,22,23,24);1H. The molecule has 1 aromatic carbocycles. The molecule has 1 heterocycles. The average molecular weight is 504 g/mol. The van der Waals surface area contributed by atoms with Crippen LogP contribution in [0.2, 0.25) is 0 Å². The van der Waals surface area contributed by atoms with Gasteiger partial charge in [-0.25, -0.2) is 0 Å². The zero-order valence-electron chi connectivity index (χ0n) is 17.6. The van der Waals surface area contributed by atoms with Crippen LogP contribution in [0.4, 0.5) is 0 Å². The Morgan fingerprint density at radius 3 is 2.50 bits per heavy atom. The molecule has 7 heteroatoms. The van der Waals surface area contributed by atoms with Crippen LogP contribution in [0.3, 0.4) is 0 Å². The van der Waals surface area contributed by atoms with Gasteiger partial charge < -0.3 is 25.0 Å². The molecule has 2 N–H and O–H groups in total. The average Bonchev–Trinajstić information content (AvgIpc) is 2.97. The summed E-state index contributed by atoms with van der Waals surface area (Å²) < 4.78 is 11.0. The van der Waals surface area contributed by atoms with E-state index in [-0.39, 0.29) is 24.0 Å². The molecule has 160 valence electrons. The summed E-state index contributed by atoms with van der Waals surface area (Å²) in [5.74, 6) is 2.37. The van der Waals surface area contributed by atoms with E-state index < -0.39 is 0 Å². The second kappa shape index (κ2) is 14.7. The molecule has 0 bridgehead atoms. The van der Waals surface area contributed by atoms with Gasteiger partial charge >= 0.3 is 0 Å². The molecule has 2 rings (SSSR count). The molecular weight excluding hydrogens is 467 g/mol. The molecule has 0 atom stereocenters. The number of guanidine groups is 1. The molecule has 0 aromatic heterocycles. The minimum absolute atomic E-state index is 0. The van der Waals surface area contributed by atoms with E-state index in [0.29, 0.717) is 13.2 Å². The maximum Gasteiger partial charge on any atom is 0.191 e. The van der Waals surface area contributed by atoms with Gasteiger partial charge in [-0.2, -0.15) is 0 Å². The van der Waals surface area contributed by atoms with Crippen molar-refractivity contribution in [2.75, 3.05) is 46.9 Å². The van der Waals surface area contributed by atoms with Crippen molar-refractivity contribution in [3.63, 3.8) is 0 Å². The van der Waals surface area contributed by atoms with Gasteiger partial charge in [0.05, 0.1) is 13.7 Å². The summed E-state index contributed by atoms with van der Waals surface area (Å²) in [4.78, 5) is 6.91. The summed E-state index contributed by atoms with van der Waals surface area (Å²) in [6.45, 7) is 7.90. The van der Waals surface area contributed by atoms with Gasteiger partial charge in [0.15, 0.2) is 17.5 Å². The first-order valence-electron chi connectivity index (χ1n) is 10.2. The topological polar surface area (TPSA) is 58.1 Å². The van der Waals surface area contributed by atoms with Gasteiger partial charge in [0.2, 0.25) is 0 Å². The van der Waals surface area contributed by atoms with E-state index in [1.165, 1.54) is 45.3 Å². The predicted octanol–water partition coefficient (Wildman–Crippen LogP) is 3.64. The Morgan fingerprint density at radius 1 is 1.11 bits per heavy atom. The molecule has 1 saturated heterocycles. The van der Waals surface area contributed by atoms with Gasteiger partial charge in [0.25, 0.3) is 0 Å². The van der Waals surface area contributed by atoms with Crippen LogP contribution in [-0.2, 0) is 6.54 Å². The molecule has 1 aliphatic rings. The van der Waals surface area contributed by atoms with Crippen LogP contribution in [0.1, 0.15) is 44.6 Å². The van der Waals surface area contributed by atoms with Crippen LogP contribution in [-0.4, -0.2) is 57.8 Å². The highest BCUT2D eigenvalue weighted by Crippen LogP contribution is 2.27. The number of rotatable bonds is 9. The van der Waals surface area contributed by atoms with Gasteiger partial charge in [-0.1, -0.05) is 18.9 Å². The van der Waals surface area contributed by atoms with Crippen molar-refractivity contribution < 1.29 is 9.47 Å². The van der Waals surface area contributed by atoms with Crippen molar-refractivity contribution in [3.8, 4) is 11.5 Å². The van der Waals surface area contributed by atoms with Crippen LogP contribution in [0.5, 0.6) is 11.5 Å².